The topological polar surface area (TPSA) is 81.8 Å². The Hall–Kier alpha value is -3.00. The SMILES string of the molecule is Cn1c(CNC(=O)CCn2cnc3sccc3c2=O)nc2ccccc21. The van der Waals surface area contributed by atoms with Gasteiger partial charge >= 0.3 is 0 Å². The third-order valence-electron chi connectivity index (χ3n) is 4.35. The molecule has 0 saturated heterocycles. The van der Waals surface area contributed by atoms with Gasteiger partial charge in [-0.15, -0.1) is 11.3 Å². The monoisotopic (exact) mass is 367 g/mol. The van der Waals surface area contributed by atoms with Crippen LogP contribution in [0.3, 0.4) is 0 Å². The molecule has 0 aliphatic carbocycles. The van der Waals surface area contributed by atoms with Crippen LogP contribution in [0.2, 0.25) is 0 Å². The van der Waals surface area contributed by atoms with E-state index in [1.54, 1.807) is 6.07 Å². The van der Waals surface area contributed by atoms with E-state index in [4.69, 9.17) is 0 Å². The fraction of sp³-hybridized carbons (Fsp3) is 0.222. The first-order valence-electron chi connectivity index (χ1n) is 8.23. The number of aromatic nitrogens is 4. The van der Waals surface area contributed by atoms with E-state index in [2.05, 4.69) is 15.3 Å². The van der Waals surface area contributed by atoms with Crippen LogP contribution in [-0.4, -0.2) is 25.0 Å². The molecule has 1 amide bonds. The van der Waals surface area contributed by atoms with Crippen molar-refractivity contribution in [2.75, 3.05) is 0 Å². The second-order valence-electron chi connectivity index (χ2n) is 5.99. The second kappa shape index (κ2) is 6.72. The molecular formula is C18H17N5O2S. The minimum atomic E-state index is -0.130. The van der Waals surface area contributed by atoms with E-state index < -0.39 is 0 Å². The number of carbonyl (C=O) groups is 1. The number of rotatable bonds is 5. The summed E-state index contributed by atoms with van der Waals surface area (Å²) in [5.41, 5.74) is 1.82. The number of hydrogen-bond acceptors (Lipinski definition) is 5. The first-order valence-corrected chi connectivity index (χ1v) is 9.11. The van der Waals surface area contributed by atoms with Crippen molar-refractivity contribution in [2.24, 2.45) is 7.05 Å². The molecule has 0 spiro atoms. The molecule has 0 unspecified atom stereocenters. The fourth-order valence-corrected chi connectivity index (χ4v) is 3.62. The van der Waals surface area contributed by atoms with Crippen molar-refractivity contribution in [1.29, 1.82) is 0 Å². The highest BCUT2D eigenvalue weighted by Gasteiger charge is 2.10. The van der Waals surface area contributed by atoms with Crippen molar-refractivity contribution in [3.8, 4) is 0 Å². The Morgan fingerprint density at radius 1 is 1.27 bits per heavy atom. The van der Waals surface area contributed by atoms with Gasteiger partial charge in [0, 0.05) is 20.0 Å². The molecule has 4 aromatic rings. The van der Waals surface area contributed by atoms with Crippen molar-refractivity contribution in [3.63, 3.8) is 0 Å². The Morgan fingerprint density at radius 2 is 2.12 bits per heavy atom. The molecule has 3 aromatic heterocycles. The molecule has 0 saturated carbocycles. The zero-order chi connectivity index (χ0) is 18.1. The average Bonchev–Trinajstić information content (AvgIpc) is 3.25. The summed E-state index contributed by atoms with van der Waals surface area (Å²) in [5.74, 6) is 0.660. The number of nitrogens with one attached hydrogen (secondary N) is 1. The van der Waals surface area contributed by atoms with Gasteiger partial charge in [0.15, 0.2) is 0 Å². The zero-order valence-corrected chi connectivity index (χ0v) is 15.0. The first-order chi connectivity index (χ1) is 12.6. The normalized spacial score (nSPS) is 11.3. The number of para-hydroxylation sites is 2. The Balaban J connectivity index is 1.39. The average molecular weight is 367 g/mol. The standard InChI is InChI=1S/C18H17N5O2S/c1-22-14-5-3-2-4-13(14)21-15(22)10-19-16(24)6-8-23-11-20-17-12(18(23)25)7-9-26-17/h2-5,7,9,11H,6,8,10H2,1H3,(H,19,24). The van der Waals surface area contributed by atoms with Crippen molar-refractivity contribution in [2.45, 2.75) is 19.5 Å². The van der Waals surface area contributed by atoms with Gasteiger partial charge in [0.25, 0.3) is 5.56 Å². The summed E-state index contributed by atoms with van der Waals surface area (Å²) in [6.07, 6.45) is 1.71. The minimum absolute atomic E-state index is 0.112. The number of imidazole rings is 1. The number of aryl methyl sites for hydroxylation is 2. The third kappa shape index (κ3) is 2.99. The van der Waals surface area contributed by atoms with Gasteiger partial charge < -0.3 is 9.88 Å². The summed E-state index contributed by atoms with van der Waals surface area (Å²) >= 11 is 1.43. The summed E-state index contributed by atoms with van der Waals surface area (Å²) in [6.45, 7) is 0.646. The molecule has 3 heterocycles. The van der Waals surface area contributed by atoms with E-state index in [0.29, 0.717) is 18.5 Å². The van der Waals surface area contributed by atoms with Crippen molar-refractivity contribution in [1.82, 2.24) is 24.4 Å². The van der Waals surface area contributed by atoms with Crippen LogP contribution in [0.15, 0.2) is 46.8 Å². The molecule has 0 aliphatic heterocycles. The molecule has 4 rings (SSSR count). The van der Waals surface area contributed by atoms with Crippen LogP contribution in [0, 0.1) is 0 Å². The van der Waals surface area contributed by atoms with Crippen molar-refractivity contribution < 1.29 is 4.79 Å². The molecule has 0 radical (unpaired) electrons. The van der Waals surface area contributed by atoms with E-state index in [1.807, 2.05) is 41.3 Å². The lowest BCUT2D eigenvalue weighted by Crippen LogP contribution is -2.28. The number of carbonyl (C=O) groups excluding carboxylic acids is 1. The lowest BCUT2D eigenvalue weighted by atomic mass is 10.3. The van der Waals surface area contributed by atoms with Gasteiger partial charge in [-0.3, -0.25) is 14.2 Å². The molecule has 1 aromatic carbocycles. The summed E-state index contributed by atoms with van der Waals surface area (Å²) in [5, 5.41) is 5.30. The summed E-state index contributed by atoms with van der Waals surface area (Å²) < 4.78 is 3.44. The van der Waals surface area contributed by atoms with Gasteiger partial charge in [-0.2, -0.15) is 0 Å². The highest BCUT2D eigenvalue weighted by molar-refractivity contribution is 7.16. The molecule has 132 valence electrons. The van der Waals surface area contributed by atoms with Crippen LogP contribution in [-0.2, 0) is 24.9 Å². The molecular weight excluding hydrogens is 350 g/mol. The minimum Gasteiger partial charge on any atom is -0.349 e. The van der Waals surface area contributed by atoms with Gasteiger partial charge in [0.1, 0.15) is 10.7 Å². The van der Waals surface area contributed by atoms with E-state index in [-0.39, 0.29) is 17.9 Å². The molecule has 7 nitrogen and oxygen atoms in total. The van der Waals surface area contributed by atoms with E-state index >= 15 is 0 Å². The van der Waals surface area contributed by atoms with E-state index in [9.17, 15) is 9.59 Å². The third-order valence-corrected chi connectivity index (χ3v) is 5.17. The highest BCUT2D eigenvalue weighted by atomic mass is 32.1. The van der Waals surface area contributed by atoms with E-state index in [1.165, 1.54) is 22.2 Å². The van der Waals surface area contributed by atoms with Crippen LogP contribution in [0.25, 0.3) is 21.3 Å². The van der Waals surface area contributed by atoms with Gasteiger partial charge in [0.2, 0.25) is 5.91 Å². The number of hydrogen-bond donors (Lipinski definition) is 1. The van der Waals surface area contributed by atoms with Gasteiger partial charge in [-0.1, -0.05) is 12.1 Å². The number of thiophene rings is 1. The maximum Gasteiger partial charge on any atom is 0.262 e. The zero-order valence-electron chi connectivity index (χ0n) is 14.2. The summed E-state index contributed by atoms with van der Waals surface area (Å²) in [7, 11) is 1.93. The largest absolute Gasteiger partial charge is 0.349 e. The second-order valence-corrected chi connectivity index (χ2v) is 6.88. The van der Waals surface area contributed by atoms with Gasteiger partial charge in [-0.05, 0) is 23.6 Å². The molecule has 26 heavy (non-hydrogen) atoms. The maximum absolute atomic E-state index is 12.3. The number of fused-ring (bicyclic) bond motifs is 2. The van der Waals surface area contributed by atoms with Crippen LogP contribution < -0.4 is 10.9 Å². The predicted molar refractivity (Wildman–Crippen MR) is 101 cm³/mol. The number of amides is 1. The van der Waals surface area contributed by atoms with Crippen LogP contribution in [0.1, 0.15) is 12.2 Å². The summed E-state index contributed by atoms with van der Waals surface area (Å²) in [6, 6.07) is 9.60. The maximum atomic E-state index is 12.3. The van der Waals surface area contributed by atoms with E-state index in [0.717, 1.165) is 21.7 Å². The lowest BCUT2D eigenvalue weighted by Gasteiger charge is -2.07. The Bertz CT molecular complexity index is 1160. The number of nitrogens with zero attached hydrogens (tertiary/aromatic N) is 4. The smallest absolute Gasteiger partial charge is 0.262 e. The quantitative estimate of drug-likeness (QED) is 0.585. The highest BCUT2D eigenvalue weighted by Crippen LogP contribution is 2.14. The molecule has 0 atom stereocenters. The molecule has 1 N–H and O–H groups in total. The Labute approximate surface area is 152 Å². The number of benzene rings is 1. The van der Waals surface area contributed by atoms with Gasteiger partial charge in [0.05, 0.1) is 29.3 Å². The van der Waals surface area contributed by atoms with Crippen LogP contribution >= 0.6 is 11.3 Å². The van der Waals surface area contributed by atoms with Crippen LogP contribution in [0.5, 0.6) is 0 Å². The Kier molecular flexibility index (Phi) is 4.26. The van der Waals surface area contributed by atoms with Gasteiger partial charge in [-0.25, -0.2) is 9.97 Å². The lowest BCUT2D eigenvalue weighted by molar-refractivity contribution is -0.121. The predicted octanol–water partition coefficient (Wildman–Crippen LogP) is 2.05. The first kappa shape index (κ1) is 16.5. The molecule has 0 aliphatic rings. The fourth-order valence-electron chi connectivity index (χ4n) is 2.89. The van der Waals surface area contributed by atoms with Crippen molar-refractivity contribution in [3.05, 3.63) is 58.2 Å². The van der Waals surface area contributed by atoms with Crippen molar-refractivity contribution >= 4 is 38.5 Å². The Morgan fingerprint density at radius 3 is 2.96 bits per heavy atom. The summed E-state index contributed by atoms with van der Waals surface area (Å²) in [4.78, 5) is 34.0. The molecule has 0 fully saturated rings. The molecule has 0 bridgehead atoms. The molecule has 8 heteroatoms. The van der Waals surface area contributed by atoms with Crippen LogP contribution in [0.4, 0.5) is 0 Å².